The van der Waals surface area contributed by atoms with Gasteiger partial charge in [-0.3, -0.25) is 9.48 Å². The fourth-order valence-electron chi connectivity index (χ4n) is 2.52. The second kappa shape index (κ2) is 6.12. The first-order valence-corrected chi connectivity index (χ1v) is 7.49. The van der Waals surface area contributed by atoms with Crippen LogP contribution in [0.25, 0.3) is 0 Å². The molecule has 3 aromatic rings. The van der Waals surface area contributed by atoms with Crippen molar-refractivity contribution in [2.45, 2.75) is 27.3 Å². The Bertz CT molecular complexity index is 846. The zero-order valence-corrected chi connectivity index (χ0v) is 13.5. The second-order valence-corrected chi connectivity index (χ2v) is 5.61. The smallest absolute Gasteiger partial charge is 0.260 e. The van der Waals surface area contributed by atoms with Crippen molar-refractivity contribution >= 4 is 11.7 Å². The van der Waals surface area contributed by atoms with Crippen molar-refractivity contribution < 1.29 is 9.21 Å². The lowest BCUT2D eigenvalue weighted by Crippen LogP contribution is -2.13. The van der Waals surface area contributed by atoms with E-state index in [2.05, 4.69) is 29.5 Å². The Morgan fingerprint density at radius 1 is 1.22 bits per heavy atom. The lowest BCUT2D eigenvalue weighted by molar-refractivity contribution is 0.102. The van der Waals surface area contributed by atoms with Crippen molar-refractivity contribution in [1.82, 2.24) is 9.78 Å². The van der Waals surface area contributed by atoms with Gasteiger partial charge in [0.2, 0.25) is 0 Å². The normalized spacial score (nSPS) is 10.7. The van der Waals surface area contributed by atoms with Crippen LogP contribution in [0.4, 0.5) is 5.82 Å². The maximum absolute atomic E-state index is 12.2. The Kier molecular flexibility index (Phi) is 4.02. The van der Waals surface area contributed by atoms with Gasteiger partial charge in [-0.05, 0) is 38.0 Å². The predicted octanol–water partition coefficient (Wildman–Crippen LogP) is 3.70. The molecule has 0 saturated carbocycles. The first kappa shape index (κ1) is 15.1. The van der Waals surface area contributed by atoms with E-state index in [1.165, 1.54) is 11.1 Å². The summed E-state index contributed by atoms with van der Waals surface area (Å²) in [7, 11) is 0. The van der Waals surface area contributed by atoms with E-state index >= 15 is 0 Å². The molecule has 3 rings (SSSR count). The topological polar surface area (TPSA) is 60.1 Å². The van der Waals surface area contributed by atoms with Crippen LogP contribution in [0.3, 0.4) is 0 Å². The molecule has 0 aliphatic carbocycles. The molecule has 23 heavy (non-hydrogen) atoms. The molecule has 2 heterocycles. The summed E-state index contributed by atoms with van der Waals surface area (Å²) in [6, 6.07) is 11.7. The van der Waals surface area contributed by atoms with Gasteiger partial charge in [0, 0.05) is 12.3 Å². The van der Waals surface area contributed by atoms with Gasteiger partial charge >= 0.3 is 0 Å². The number of amides is 1. The van der Waals surface area contributed by atoms with Gasteiger partial charge in [-0.15, -0.1) is 0 Å². The molecule has 0 radical (unpaired) electrons. The molecule has 5 nitrogen and oxygen atoms in total. The zero-order chi connectivity index (χ0) is 16.4. The van der Waals surface area contributed by atoms with Gasteiger partial charge in [0.1, 0.15) is 11.5 Å². The first-order valence-electron chi connectivity index (χ1n) is 7.49. The van der Waals surface area contributed by atoms with E-state index in [0.29, 0.717) is 23.7 Å². The maximum Gasteiger partial charge on any atom is 0.260 e. The summed E-state index contributed by atoms with van der Waals surface area (Å²) in [5.74, 6) is 1.65. The fourth-order valence-corrected chi connectivity index (χ4v) is 2.52. The molecule has 5 heteroatoms. The SMILES string of the molecule is Cc1cc(C(=O)Nc2ccn(Cc3ccccc3C)n2)c(C)o1. The molecule has 118 valence electrons. The molecular formula is C18H19N3O2. The van der Waals surface area contributed by atoms with Crippen LogP contribution in [-0.2, 0) is 6.54 Å². The molecule has 0 unspecified atom stereocenters. The van der Waals surface area contributed by atoms with Crippen molar-refractivity contribution in [3.8, 4) is 0 Å². The second-order valence-electron chi connectivity index (χ2n) is 5.61. The molecule has 0 fully saturated rings. The van der Waals surface area contributed by atoms with Crippen LogP contribution < -0.4 is 5.32 Å². The van der Waals surface area contributed by atoms with E-state index in [4.69, 9.17) is 4.42 Å². The number of anilines is 1. The van der Waals surface area contributed by atoms with Gasteiger partial charge in [0.05, 0.1) is 12.1 Å². The molecule has 0 saturated heterocycles. The standard InChI is InChI=1S/C18H19N3O2/c1-12-6-4-5-7-15(12)11-21-9-8-17(20-21)19-18(22)16-10-13(2)23-14(16)3/h4-10H,11H2,1-3H3,(H,19,20,22). The number of hydrogen-bond donors (Lipinski definition) is 1. The minimum atomic E-state index is -0.208. The number of hydrogen-bond acceptors (Lipinski definition) is 3. The summed E-state index contributed by atoms with van der Waals surface area (Å²) in [6.07, 6.45) is 1.86. The van der Waals surface area contributed by atoms with Crippen molar-refractivity contribution in [3.63, 3.8) is 0 Å². The van der Waals surface area contributed by atoms with Gasteiger partial charge in [-0.2, -0.15) is 5.10 Å². The number of carbonyl (C=O) groups excluding carboxylic acids is 1. The molecule has 0 spiro atoms. The third-order valence-corrected chi connectivity index (χ3v) is 3.76. The molecule has 0 bridgehead atoms. The third kappa shape index (κ3) is 3.34. The van der Waals surface area contributed by atoms with E-state index in [9.17, 15) is 4.79 Å². The number of rotatable bonds is 4. The first-order chi connectivity index (χ1) is 11.0. The average Bonchev–Trinajstić information content (AvgIpc) is 3.07. The molecule has 1 aromatic carbocycles. The lowest BCUT2D eigenvalue weighted by Gasteiger charge is -2.05. The Morgan fingerprint density at radius 2 is 2.00 bits per heavy atom. The van der Waals surface area contributed by atoms with Crippen molar-refractivity contribution in [2.75, 3.05) is 5.32 Å². The minimum Gasteiger partial charge on any atom is -0.466 e. The van der Waals surface area contributed by atoms with E-state index in [0.717, 1.165) is 5.76 Å². The van der Waals surface area contributed by atoms with Crippen LogP contribution in [-0.4, -0.2) is 15.7 Å². The summed E-state index contributed by atoms with van der Waals surface area (Å²) in [4.78, 5) is 12.2. The highest BCUT2D eigenvalue weighted by Gasteiger charge is 2.14. The van der Waals surface area contributed by atoms with Gasteiger partial charge in [-0.25, -0.2) is 0 Å². The summed E-state index contributed by atoms with van der Waals surface area (Å²) < 4.78 is 7.20. The van der Waals surface area contributed by atoms with Crippen LogP contribution in [0, 0.1) is 20.8 Å². The number of furan rings is 1. The number of carbonyl (C=O) groups is 1. The number of aromatic nitrogens is 2. The summed E-state index contributed by atoms with van der Waals surface area (Å²) >= 11 is 0. The largest absolute Gasteiger partial charge is 0.466 e. The minimum absolute atomic E-state index is 0.208. The number of aryl methyl sites for hydroxylation is 3. The predicted molar refractivity (Wildman–Crippen MR) is 88.6 cm³/mol. The summed E-state index contributed by atoms with van der Waals surface area (Å²) in [6.45, 7) is 6.34. The lowest BCUT2D eigenvalue weighted by atomic mass is 10.1. The van der Waals surface area contributed by atoms with Crippen molar-refractivity contribution in [2.24, 2.45) is 0 Å². The maximum atomic E-state index is 12.2. The Labute approximate surface area is 134 Å². The van der Waals surface area contributed by atoms with Crippen LogP contribution in [0.1, 0.15) is 33.0 Å². The molecule has 0 atom stereocenters. The van der Waals surface area contributed by atoms with E-state index in [1.54, 1.807) is 19.1 Å². The Balaban J connectivity index is 1.71. The van der Waals surface area contributed by atoms with Gasteiger partial charge in [0.25, 0.3) is 5.91 Å². The number of nitrogens with zero attached hydrogens (tertiary/aromatic N) is 2. The van der Waals surface area contributed by atoms with Gasteiger partial charge < -0.3 is 9.73 Å². The molecule has 0 aliphatic rings. The van der Waals surface area contributed by atoms with Crippen molar-refractivity contribution in [3.05, 3.63) is 70.8 Å². The Morgan fingerprint density at radius 3 is 2.70 bits per heavy atom. The third-order valence-electron chi connectivity index (χ3n) is 3.76. The van der Waals surface area contributed by atoms with Gasteiger partial charge in [0.15, 0.2) is 5.82 Å². The fraction of sp³-hybridized carbons (Fsp3) is 0.222. The Hall–Kier alpha value is -2.82. The van der Waals surface area contributed by atoms with Crippen LogP contribution in [0.2, 0.25) is 0 Å². The van der Waals surface area contributed by atoms with E-state index in [-0.39, 0.29) is 5.91 Å². The van der Waals surface area contributed by atoms with Crippen LogP contribution >= 0.6 is 0 Å². The van der Waals surface area contributed by atoms with Crippen LogP contribution in [0.5, 0.6) is 0 Å². The van der Waals surface area contributed by atoms with E-state index in [1.807, 2.05) is 29.9 Å². The number of nitrogens with one attached hydrogen (secondary N) is 1. The monoisotopic (exact) mass is 309 g/mol. The van der Waals surface area contributed by atoms with Crippen LogP contribution in [0.15, 0.2) is 47.0 Å². The number of benzene rings is 1. The molecule has 0 aliphatic heterocycles. The molecule has 2 aromatic heterocycles. The highest BCUT2D eigenvalue weighted by molar-refractivity contribution is 6.04. The average molecular weight is 309 g/mol. The zero-order valence-electron chi connectivity index (χ0n) is 13.5. The molecular weight excluding hydrogens is 290 g/mol. The van der Waals surface area contributed by atoms with Gasteiger partial charge in [-0.1, -0.05) is 24.3 Å². The molecule has 1 amide bonds. The summed E-state index contributed by atoms with van der Waals surface area (Å²) in [5, 5.41) is 7.20. The van der Waals surface area contributed by atoms with Crippen molar-refractivity contribution in [1.29, 1.82) is 0 Å². The summed E-state index contributed by atoms with van der Waals surface area (Å²) in [5.41, 5.74) is 2.96. The molecule has 1 N–H and O–H groups in total. The highest BCUT2D eigenvalue weighted by atomic mass is 16.3. The quantitative estimate of drug-likeness (QED) is 0.799. The highest BCUT2D eigenvalue weighted by Crippen LogP contribution is 2.16. The van der Waals surface area contributed by atoms with E-state index < -0.39 is 0 Å².